The Bertz CT molecular complexity index is 420. The molecule has 1 aromatic rings. The van der Waals surface area contributed by atoms with Crippen LogP contribution in [0.15, 0.2) is 16.6 Å². The zero-order valence-corrected chi connectivity index (χ0v) is 10.5. The maximum atomic E-state index is 11.9. The molecule has 1 N–H and O–H groups in total. The molecule has 2 rings (SSSR count). The van der Waals surface area contributed by atoms with Crippen molar-refractivity contribution in [2.45, 2.75) is 6.61 Å². The topological polar surface area (TPSA) is 47.6 Å². The molecule has 1 aromatic carbocycles. The molecule has 0 atom stereocenters. The minimum Gasteiger partial charge on any atom is -0.467 e. The minimum atomic E-state index is 0.0281. The molecule has 5 heteroatoms. The Morgan fingerprint density at radius 1 is 1.56 bits per heavy atom. The number of halogens is 1. The Kier molecular flexibility index (Phi) is 3.58. The molecule has 0 unspecified atom stereocenters. The fourth-order valence-electron chi connectivity index (χ4n) is 1.68. The van der Waals surface area contributed by atoms with E-state index < -0.39 is 0 Å². The summed E-state index contributed by atoms with van der Waals surface area (Å²) in [5, 5.41) is 2.85. The van der Waals surface area contributed by atoms with Gasteiger partial charge in [0.05, 0.1) is 13.2 Å². The predicted octanol–water partition coefficient (Wildman–Crippen LogP) is 1.72. The Labute approximate surface area is 102 Å². The zero-order valence-electron chi connectivity index (χ0n) is 8.88. The van der Waals surface area contributed by atoms with E-state index in [0.29, 0.717) is 18.7 Å². The van der Waals surface area contributed by atoms with Crippen molar-refractivity contribution in [1.29, 1.82) is 0 Å². The molecule has 1 aliphatic rings. The number of nitrogens with one attached hydrogen (secondary N) is 1. The highest BCUT2D eigenvalue weighted by Crippen LogP contribution is 2.32. The summed E-state index contributed by atoms with van der Waals surface area (Å²) in [4.78, 5) is 11.9. The number of hydrogen-bond acceptors (Lipinski definition) is 4. The van der Waals surface area contributed by atoms with E-state index in [4.69, 9.17) is 9.47 Å². The number of ether oxygens (including phenoxy) is 2. The van der Waals surface area contributed by atoms with Crippen molar-refractivity contribution in [3.8, 4) is 5.75 Å². The van der Waals surface area contributed by atoms with Gasteiger partial charge in [-0.05, 0) is 19.2 Å². The SMILES string of the molecule is CNCC(=O)c1c(Br)ccc2c1COCO2. The number of carbonyl (C=O) groups is 1. The molecule has 0 spiro atoms. The largest absolute Gasteiger partial charge is 0.467 e. The molecule has 0 bridgehead atoms. The molecule has 0 saturated carbocycles. The van der Waals surface area contributed by atoms with Crippen LogP contribution in [0.4, 0.5) is 0 Å². The molecule has 1 heterocycles. The van der Waals surface area contributed by atoms with E-state index in [-0.39, 0.29) is 12.6 Å². The maximum Gasteiger partial charge on any atom is 0.189 e. The van der Waals surface area contributed by atoms with Crippen molar-refractivity contribution in [2.24, 2.45) is 0 Å². The van der Waals surface area contributed by atoms with Gasteiger partial charge in [-0.15, -0.1) is 0 Å². The fourth-order valence-corrected chi connectivity index (χ4v) is 2.27. The van der Waals surface area contributed by atoms with Crippen molar-refractivity contribution < 1.29 is 14.3 Å². The third-order valence-corrected chi connectivity index (χ3v) is 3.04. The van der Waals surface area contributed by atoms with Crippen LogP contribution in [-0.4, -0.2) is 26.2 Å². The van der Waals surface area contributed by atoms with Gasteiger partial charge < -0.3 is 14.8 Å². The van der Waals surface area contributed by atoms with Gasteiger partial charge >= 0.3 is 0 Å². The summed E-state index contributed by atoms with van der Waals surface area (Å²) in [5.74, 6) is 0.759. The number of fused-ring (bicyclic) bond motifs is 1. The normalized spacial score (nSPS) is 14.1. The highest BCUT2D eigenvalue weighted by Gasteiger charge is 2.21. The number of ketones is 1. The number of Topliss-reactive ketones (excluding diaryl/α,β-unsaturated/α-hetero) is 1. The Morgan fingerprint density at radius 3 is 3.12 bits per heavy atom. The molecule has 0 radical (unpaired) electrons. The molecular formula is C11H12BrNO3. The van der Waals surface area contributed by atoms with E-state index in [2.05, 4.69) is 21.2 Å². The summed E-state index contributed by atoms with van der Waals surface area (Å²) < 4.78 is 11.3. The van der Waals surface area contributed by atoms with Gasteiger partial charge in [0.15, 0.2) is 12.6 Å². The molecule has 16 heavy (non-hydrogen) atoms. The monoisotopic (exact) mass is 285 g/mol. The van der Waals surface area contributed by atoms with E-state index in [1.165, 1.54) is 0 Å². The molecule has 0 amide bonds. The van der Waals surface area contributed by atoms with Gasteiger partial charge in [-0.2, -0.15) is 0 Å². The predicted molar refractivity (Wildman–Crippen MR) is 62.7 cm³/mol. The summed E-state index contributed by atoms with van der Waals surface area (Å²) in [6.45, 7) is 0.961. The highest BCUT2D eigenvalue weighted by molar-refractivity contribution is 9.10. The van der Waals surface area contributed by atoms with Crippen LogP contribution in [0.1, 0.15) is 15.9 Å². The molecule has 0 aromatic heterocycles. The first-order valence-corrected chi connectivity index (χ1v) is 5.73. The highest BCUT2D eigenvalue weighted by atomic mass is 79.9. The molecule has 0 fully saturated rings. The number of carbonyl (C=O) groups excluding carboxylic acids is 1. The average molecular weight is 286 g/mol. The number of likely N-dealkylation sites (N-methyl/N-ethyl adjacent to an activating group) is 1. The third-order valence-electron chi connectivity index (χ3n) is 2.38. The Balaban J connectivity index is 2.45. The fraction of sp³-hybridized carbons (Fsp3) is 0.364. The second-order valence-electron chi connectivity index (χ2n) is 3.46. The summed E-state index contributed by atoms with van der Waals surface area (Å²) >= 11 is 3.39. The van der Waals surface area contributed by atoms with Crippen LogP contribution in [0.5, 0.6) is 5.75 Å². The zero-order chi connectivity index (χ0) is 11.5. The van der Waals surface area contributed by atoms with Crippen molar-refractivity contribution in [2.75, 3.05) is 20.4 Å². The lowest BCUT2D eigenvalue weighted by Gasteiger charge is -2.20. The standard InChI is InChI=1S/C11H12BrNO3/c1-13-4-9(14)11-7-5-15-6-16-10(7)3-2-8(11)12/h2-3,13H,4-6H2,1H3. The van der Waals surface area contributed by atoms with Crippen LogP contribution < -0.4 is 10.1 Å². The number of benzene rings is 1. The lowest BCUT2D eigenvalue weighted by molar-refractivity contribution is -0.0167. The van der Waals surface area contributed by atoms with Crippen LogP contribution in [0.3, 0.4) is 0 Å². The summed E-state index contributed by atoms with van der Waals surface area (Å²) in [7, 11) is 1.74. The summed E-state index contributed by atoms with van der Waals surface area (Å²) in [6.07, 6.45) is 0. The lowest BCUT2D eigenvalue weighted by Crippen LogP contribution is -2.22. The lowest BCUT2D eigenvalue weighted by atomic mass is 10.0. The first-order chi connectivity index (χ1) is 7.74. The second-order valence-corrected chi connectivity index (χ2v) is 4.32. The van der Waals surface area contributed by atoms with E-state index in [1.807, 2.05) is 12.1 Å². The quantitative estimate of drug-likeness (QED) is 0.859. The van der Waals surface area contributed by atoms with Gasteiger partial charge in [0.2, 0.25) is 0 Å². The average Bonchev–Trinajstić information content (AvgIpc) is 2.29. The van der Waals surface area contributed by atoms with E-state index in [0.717, 1.165) is 15.8 Å². The van der Waals surface area contributed by atoms with Crippen molar-refractivity contribution >= 4 is 21.7 Å². The first-order valence-electron chi connectivity index (χ1n) is 4.93. The van der Waals surface area contributed by atoms with Crippen molar-refractivity contribution in [1.82, 2.24) is 5.32 Å². The Morgan fingerprint density at radius 2 is 2.38 bits per heavy atom. The van der Waals surface area contributed by atoms with Gasteiger partial charge in [0.1, 0.15) is 5.75 Å². The number of rotatable bonds is 3. The van der Waals surface area contributed by atoms with Crippen LogP contribution >= 0.6 is 15.9 Å². The summed E-state index contributed by atoms with van der Waals surface area (Å²) in [6, 6.07) is 3.67. The first kappa shape index (κ1) is 11.6. The molecule has 1 aliphatic heterocycles. The van der Waals surface area contributed by atoms with E-state index in [9.17, 15) is 4.79 Å². The molecule has 0 aliphatic carbocycles. The third kappa shape index (κ3) is 2.11. The van der Waals surface area contributed by atoms with Gasteiger partial charge in [0.25, 0.3) is 0 Å². The van der Waals surface area contributed by atoms with Gasteiger partial charge in [-0.3, -0.25) is 4.79 Å². The molecule has 0 saturated heterocycles. The van der Waals surface area contributed by atoms with Crippen molar-refractivity contribution in [3.05, 3.63) is 27.7 Å². The number of hydrogen-bond donors (Lipinski definition) is 1. The van der Waals surface area contributed by atoms with Gasteiger partial charge in [-0.1, -0.05) is 15.9 Å². The minimum absolute atomic E-state index is 0.0281. The summed E-state index contributed by atoms with van der Waals surface area (Å²) in [5.41, 5.74) is 1.47. The van der Waals surface area contributed by atoms with Gasteiger partial charge in [-0.25, -0.2) is 0 Å². The van der Waals surface area contributed by atoms with Crippen LogP contribution in [0.2, 0.25) is 0 Å². The van der Waals surface area contributed by atoms with Crippen molar-refractivity contribution in [3.63, 3.8) is 0 Å². The molecule has 86 valence electrons. The maximum absolute atomic E-state index is 11.9. The van der Waals surface area contributed by atoms with Crippen LogP contribution in [-0.2, 0) is 11.3 Å². The smallest absolute Gasteiger partial charge is 0.189 e. The second kappa shape index (κ2) is 4.95. The van der Waals surface area contributed by atoms with E-state index >= 15 is 0 Å². The van der Waals surface area contributed by atoms with Crippen LogP contribution in [0, 0.1) is 0 Å². The van der Waals surface area contributed by atoms with Gasteiger partial charge in [0, 0.05) is 15.6 Å². The Hall–Kier alpha value is -0.910. The molecular weight excluding hydrogens is 274 g/mol. The molecule has 4 nitrogen and oxygen atoms in total. The van der Waals surface area contributed by atoms with Crippen LogP contribution in [0.25, 0.3) is 0 Å². The van der Waals surface area contributed by atoms with E-state index in [1.54, 1.807) is 7.05 Å².